The van der Waals surface area contributed by atoms with E-state index in [0.717, 1.165) is 24.2 Å². The maximum Gasteiger partial charge on any atom is 0.361 e. The molecule has 188 valence electrons. The third-order valence-electron chi connectivity index (χ3n) is 5.80. The van der Waals surface area contributed by atoms with Crippen LogP contribution in [0.25, 0.3) is 10.9 Å². The molecule has 0 unspecified atom stereocenters. The van der Waals surface area contributed by atoms with E-state index < -0.39 is 7.60 Å². The van der Waals surface area contributed by atoms with Gasteiger partial charge in [-0.1, -0.05) is 42.5 Å². The first-order valence-corrected chi connectivity index (χ1v) is 13.7. The van der Waals surface area contributed by atoms with Crippen LogP contribution in [0, 0.1) is 0 Å². The smallest absolute Gasteiger partial charge is 0.361 e. The molecule has 36 heavy (non-hydrogen) atoms. The molecule has 7 nitrogen and oxygen atoms in total. The lowest BCUT2D eigenvalue weighted by atomic mass is 10.0. The van der Waals surface area contributed by atoms with Crippen LogP contribution < -0.4 is 10.6 Å². The summed E-state index contributed by atoms with van der Waals surface area (Å²) < 4.78 is 24.6. The van der Waals surface area contributed by atoms with E-state index in [2.05, 4.69) is 22.4 Å². The van der Waals surface area contributed by atoms with Gasteiger partial charge in [0.1, 0.15) is 0 Å². The number of aliphatic imine (C=N–C) groups is 1. The molecule has 0 spiro atoms. The Kier molecular flexibility index (Phi) is 8.39. The second kappa shape index (κ2) is 11.7. The second-order valence-electron chi connectivity index (χ2n) is 8.26. The predicted octanol–water partition coefficient (Wildman–Crippen LogP) is 5.70. The van der Waals surface area contributed by atoms with Crippen LogP contribution in [0.4, 0.5) is 5.69 Å². The number of nitrogens with one attached hydrogen (secondary N) is 2. The molecule has 0 aliphatic rings. The van der Waals surface area contributed by atoms with Crippen molar-refractivity contribution in [1.82, 2.24) is 10.3 Å². The molecule has 0 aliphatic heterocycles. The number of aromatic hydroxyl groups is 1. The van der Waals surface area contributed by atoms with Crippen LogP contribution in [-0.4, -0.2) is 42.6 Å². The van der Waals surface area contributed by atoms with E-state index in [0.29, 0.717) is 27.5 Å². The lowest BCUT2D eigenvalue weighted by Crippen LogP contribution is -2.11. The number of rotatable bonds is 11. The fourth-order valence-corrected chi connectivity index (χ4v) is 5.70. The molecule has 0 bridgehead atoms. The molecule has 8 heteroatoms. The summed E-state index contributed by atoms with van der Waals surface area (Å²) in [5, 5.41) is 15.3. The van der Waals surface area contributed by atoms with Gasteiger partial charge in [0.15, 0.2) is 5.88 Å². The van der Waals surface area contributed by atoms with Gasteiger partial charge in [0.25, 0.3) is 0 Å². The maximum atomic E-state index is 13.5. The molecular formula is C28H32N3O4P. The highest BCUT2D eigenvalue weighted by Gasteiger charge is 2.28. The average molecular weight is 506 g/mol. The summed E-state index contributed by atoms with van der Waals surface area (Å²) in [6.45, 7) is 4.96. The Balaban J connectivity index is 1.87. The number of nitrogens with zero attached hydrogens (tertiary/aromatic N) is 1. The molecule has 0 fully saturated rings. The van der Waals surface area contributed by atoms with Crippen molar-refractivity contribution in [2.24, 2.45) is 4.99 Å². The SMILES string of the molecule is CCOP(=O)(OCC)c1ccc2[nH]c(O)c(C(=Nc3ccc(CCNC)cc3)c3ccccc3)c2c1. The molecule has 0 saturated carbocycles. The molecule has 1 aromatic heterocycles. The molecule has 1 heterocycles. The second-order valence-corrected chi connectivity index (χ2v) is 10.3. The van der Waals surface area contributed by atoms with Gasteiger partial charge < -0.3 is 24.5 Å². The maximum absolute atomic E-state index is 13.5. The minimum Gasteiger partial charge on any atom is -0.494 e. The third-order valence-corrected chi connectivity index (χ3v) is 7.91. The molecule has 3 aromatic carbocycles. The number of hydrogen-bond acceptors (Lipinski definition) is 6. The molecule has 4 aromatic rings. The highest BCUT2D eigenvalue weighted by Crippen LogP contribution is 2.47. The van der Waals surface area contributed by atoms with Crippen molar-refractivity contribution < 1.29 is 18.7 Å². The minimum atomic E-state index is -3.51. The van der Waals surface area contributed by atoms with Crippen LogP contribution in [0.15, 0.2) is 77.8 Å². The zero-order valence-electron chi connectivity index (χ0n) is 20.8. The average Bonchev–Trinajstić information content (AvgIpc) is 3.22. The van der Waals surface area contributed by atoms with E-state index in [1.807, 2.05) is 49.5 Å². The van der Waals surface area contributed by atoms with Gasteiger partial charge in [-0.3, -0.25) is 4.57 Å². The van der Waals surface area contributed by atoms with Crippen LogP contribution in [-0.2, 0) is 20.0 Å². The summed E-state index contributed by atoms with van der Waals surface area (Å²) in [7, 11) is -1.57. The van der Waals surface area contributed by atoms with Gasteiger partial charge >= 0.3 is 7.60 Å². The predicted molar refractivity (Wildman–Crippen MR) is 146 cm³/mol. The number of likely N-dealkylation sites (N-methyl/N-ethyl adjacent to an activating group) is 1. The van der Waals surface area contributed by atoms with E-state index >= 15 is 0 Å². The highest BCUT2D eigenvalue weighted by molar-refractivity contribution is 7.62. The largest absolute Gasteiger partial charge is 0.494 e. The first-order valence-electron chi connectivity index (χ1n) is 12.1. The molecule has 0 amide bonds. The zero-order valence-corrected chi connectivity index (χ0v) is 21.7. The van der Waals surface area contributed by atoms with E-state index in [4.69, 9.17) is 14.0 Å². The highest BCUT2D eigenvalue weighted by atomic mass is 31.2. The number of aromatic nitrogens is 1. The van der Waals surface area contributed by atoms with Crippen molar-refractivity contribution in [2.45, 2.75) is 20.3 Å². The van der Waals surface area contributed by atoms with E-state index in [1.165, 1.54) is 5.56 Å². The molecule has 4 rings (SSSR count). The fourth-order valence-electron chi connectivity index (χ4n) is 4.10. The summed E-state index contributed by atoms with van der Waals surface area (Å²) >= 11 is 0. The zero-order chi connectivity index (χ0) is 25.5. The third kappa shape index (κ3) is 5.61. The number of aromatic amines is 1. The lowest BCUT2D eigenvalue weighted by Gasteiger charge is -2.17. The van der Waals surface area contributed by atoms with Crippen LogP contribution in [0.5, 0.6) is 5.88 Å². The Morgan fingerprint density at radius 2 is 1.69 bits per heavy atom. The van der Waals surface area contributed by atoms with Crippen molar-refractivity contribution in [3.63, 3.8) is 0 Å². The van der Waals surface area contributed by atoms with Gasteiger partial charge in [-0.2, -0.15) is 0 Å². The summed E-state index contributed by atoms with van der Waals surface area (Å²) in [6.07, 6.45) is 0.928. The van der Waals surface area contributed by atoms with Crippen molar-refractivity contribution in [3.8, 4) is 5.88 Å². The van der Waals surface area contributed by atoms with E-state index in [1.54, 1.807) is 32.0 Å². The van der Waals surface area contributed by atoms with Crippen LogP contribution in [0.1, 0.15) is 30.5 Å². The number of fused-ring (bicyclic) bond motifs is 1. The van der Waals surface area contributed by atoms with Crippen molar-refractivity contribution in [3.05, 3.63) is 89.5 Å². The van der Waals surface area contributed by atoms with E-state index in [9.17, 15) is 9.67 Å². The summed E-state index contributed by atoms with van der Waals surface area (Å²) in [4.78, 5) is 7.99. The van der Waals surface area contributed by atoms with Crippen LogP contribution in [0.3, 0.4) is 0 Å². The molecule has 0 atom stereocenters. The standard InChI is InChI=1S/C28H32N3O4P/c1-4-34-36(33,35-5-2)23-15-16-25-24(19-23)26(28(32)31-25)27(21-9-7-6-8-10-21)30-22-13-11-20(12-14-22)17-18-29-3/h6-16,19,29,31-32H,4-5,17-18H2,1-3H3. The van der Waals surface area contributed by atoms with Gasteiger partial charge in [-0.25, -0.2) is 4.99 Å². The van der Waals surface area contributed by atoms with E-state index in [-0.39, 0.29) is 19.1 Å². The Hall–Kier alpha value is -3.22. The molecule has 3 N–H and O–H groups in total. The minimum absolute atomic E-state index is 0.0157. The molecule has 0 saturated heterocycles. The molecular weight excluding hydrogens is 473 g/mol. The molecule has 0 radical (unpaired) electrons. The summed E-state index contributed by atoms with van der Waals surface area (Å²) in [6, 6.07) is 23.0. The molecule has 0 aliphatic carbocycles. The number of benzene rings is 3. The monoisotopic (exact) mass is 505 g/mol. The Morgan fingerprint density at radius 3 is 2.33 bits per heavy atom. The van der Waals surface area contributed by atoms with Gasteiger partial charge in [0.2, 0.25) is 0 Å². The van der Waals surface area contributed by atoms with Crippen LogP contribution >= 0.6 is 7.60 Å². The fraction of sp³-hybridized carbons (Fsp3) is 0.250. The van der Waals surface area contributed by atoms with Crippen molar-refractivity contribution in [1.29, 1.82) is 0 Å². The normalized spacial score (nSPS) is 12.4. The quantitative estimate of drug-likeness (QED) is 0.180. The Labute approximate surface area is 211 Å². The summed E-state index contributed by atoms with van der Waals surface area (Å²) in [5.74, 6) is -0.0157. The van der Waals surface area contributed by atoms with Crippen LogP contribution in [0.2, 0.25) is 0 Å². The van der Waals surface area contributed by atoms with Gasteiger partial charge in [-0.05, 0) is 69.8 Å². The van der Waals surface area contributed by atoms with Gasteiger partial charge in [0.05, 0.1) is 35.5 Å². The van der Waals surface area contributed by atoms with Gasteiger partial charge in [0, 0.05) is 16.5 Å². The van der Waals surface area contributed by atoms with Crippen molar-refractivity contribution >= 4 is 35.2 Å². The number of hydrogen-bond donors (Lipinski definition) is 3. The topological polar surface area (TPSA) is 95.9 Å². The van der Waals surface area contributed by atoms with Crippen molar-refractivity contribution in [2.75, 3.05) is 26.8 Å². The van der Waals surface area contributed by atoms with Gasteiger partial charge in [-0.15, -0.1) is 0 Å². The summed E-state index contributed by atoms with van der Waals surface area (Å²) in [5.41, 5.74) is 4.64. The first-order chi connectivity index (χ1) is 17.5. The lowest BCUT2D eigenvalue weighted by molar-refractivity contribution is 0.230. The first kappa shape index (κ1) is 25.9. The Morgan fingerprint density at radius 1 is 1.00 bits per heavy atom. The number of H-pyrrole nitrogens is 1. The Bertz CT molecular complexity index is 1370.